The second-order valence-corrected chi connectivity index (χ2v) is 8.90. The Kier molecular flexibility index (Phi) is 7.49. The van der Waals surface area contributed by atoms with Crippen molar-refractivity contribution in [3.63, 3.8) is 0 Å². The first-order valence-electron chi connectivity index (χ1n) is 10.9. The third-order valence-corrected chi connectivity index (χ3v) is 6.59. The van der Waals surface area contributed by atoms with E-state index < -0.39 is 0 Å². The number of amides is 3. The van der Waals surface area contributed by atoms with Gasteiger partial charge in [-0.1, -0.05) is 6.07 Å². The summed E-state index contributed by atoms with van der Waals surface area (Å²) in [4.78, 5) is 44.9. The van der Waals surface area contributed by atoms with Gasteiger partial charge in [-0.05, 0) is 59.1 Å². The van der Waals surface area contributed by atoms with E-state index in [9.17, 15) is 14.4 Å². The predicted molar refractivity (Wildman–Crippen MR) is 128 cm³/mol. The lowest BCUT2D eigenvalue weighted by Crippen LogP contribution is -2.43. The van der Waals surface area contributed by atoms with E-state index in [0.717, 1.165) is 40.8 Å². The number of thioether (sulfide) groups is 1. The Hall–Kier alpha value is -3.37. The molecule has 1 aromatic heterocycles. The predicted octanol–water partition coefficient (Wildman–Crippen LogP) is 2.31. The monoisotopic (exact) mass is 482 g/mol. The van der Waals surface area contributed by atoms with Crippen LogP contribution in [0.15, 0.2) is 41.6 Å². The molecule has 0 aliphatic carbocycles. The van der Waals surface area contributed by atoms with Crippen molar-refractivity contribution in [1.82, 2.24) is 20.1 Å². The van der Waals surface area contributed by atoms with Gasteiger partial charge in [0.05, 0.1) is 25.7 Å². The van der Waals surface area contributed by atoms with Crippen molar-refractivity contribution in [2.75, 3.05) is 40.4 Å². The molecule has 3 heterocycles. The molecule has 1 fully saturated rings. The van der Waals surface area contributed by atoms with Crippen LogP contribution in [0.25, 0.3) is 6.08 Å². The maximum absolute atomic E-state index is 12.6. The molecule has 9 nitrogen and oxygen atoms in total. The molecule has 0 saturated carbocycles. The Bertz CT molecular complexity index is 1120. The number of ether oxygens (including phenoxy) is 2. The molecule has 0 bridgehead atoms. The number of nitrogens with zero attached hydrogens (tertiary/aromatic N) is 3. The van der Waals surface area contributed by atoms with Crippen LogP contribution in [0.2, 0.25) is 0 Å². The summed E-state index contributed by atoms with van der Waals surface area (Å²) in [5.41, 5.74) is 3.04. The van der Waals surface area contributed by atoms with E-state index in [1.165, 1.54) is 5.56 Å². The maximum Gasteiger partial charge on any atom is 0.293 e. The molecule has 10 heteroatoms. The lowest BCUT2D eigenvalue weighted by atomic mass is 9.99. The van der Waals surface area contributed by atoms with Crippen LogP contribution in [0.3, 0.4) is 0 Å². The molecule has 0 spiro atoms. The van der Waals surface area contributed by atoms with Crippen molar-refractivity contribution in [1.29, 1.82) is 0 Å². The number of carbonyl (C=O) groups is 3. The molecule has 1 N–H and O–H groups in total. The van der Waals surface area contributed by atoms with Crippen LogP contribution >= 0.6 is 11.8 Å². The maximum atomic E-state index is 12.6. The number of nitrogens with one attached hydrogen (secondary N) is 1. The Balaban J connectivity index is 1.27. The van der Waals surface area contributed by atoms with Crippen molar-refractivity contribution in [3.8, 4) is 11.5 Å². The summed E-state index contributed by atoms with van der Waals surface area (Å²) >= 11 is 0.894. The van der Waals surface area contributed by atoms with Crippen molar-refractivity contribution in [2.24, 2.45) is 0 Å². The second-order valence-electron chi connectivity index (χ2n) is 7.91. The molecule has 0 unspecified atom stereocenters. The highest BCUT2D eigenvalue weighted by atomic mass is 32.2. The molecule has 1 saturated heterocycles. The summed E-state index contributed by atoms with van der Waals surface area (Å²) in [7, 11) is 3.22. The zero-order valence-corrected chi connectivity index (χ0v) is 19.9. The highest BCUT2D eigenvalue weighted by molar-refractivity contribution is 8.18. The van der Waals surface area contributed by atoms with Gasteiger partial charge in [0.15, 0.2) is 11.5 Å². The van der Waals surface area contributed by atoms with Crippen LogP contribution in [0.4, 0.5) is 4.79 Å². The summed E-state index contributed by atoms with van der Waals surface area (Å²) in [5, 5.41) is 2.48. The third-order valence-electron chi connectivity index (χ3n) is 5.68. The fourth-order valence-corrected chi connectivity index (χ4v) is 4.81. The quantitative estimate of drug-likeness (QED) is 0.572. The zero-order chi connectivity index (χ0) is 24.1. The van der Waals surface area contributed by atoms with Crippen molar-refractivity contribution < 1.29 is 23.9 Å². The minimum Gasteiger partial charge on any atom is -0.493 e. The Morgan fingerprint density at radius 3 is 2.68 bits per heavy atom. The lowest BCUT2D eigenvalue weighted by Gasteiger charge is -2.29. The fourth-order valence-electron chi connectivity index (χ4n) is 3.95. The number of pyridine rings is 1. The van der Waals surface area contributed by atoms with Gasteiger partial charge in [-0.3, -0.25) is 29.2 Å². The van der Waals surface area contributed by atoms with E-state index in [0.29, 0.717) is 22.9 Å². The smallest absolute Gasteiger partial charge is 0.293 e. The van der Waals surface area contributed by atoms with Crippen molar-refractivity contribution in [2.45, 2.75) is 13.0 Å². The Morgan fingerprint density at radius 1 is 1.21 bits per heavy atom. The average Bonchev–Trinajstić information content (AvgIpc) is 3.11. The molecule has 2 aliphatic heterocycles. The molecule has 2 aromatic rings. The number of carbonyl (C=O) groups excluding carboxylic acids is 3. The summed E-state index contributed by atoms with van der Waals surface area (Å²) in [6, 6.07) is 7.52. The van der Waals surface area contributed by atoms with E-state index in [1.54, 1.807) is 38.8 Å². The van der Waals surface area contributed by atoms with Gasteiger partial charge >= 0.3 is 0 Å². The van der Waals surface area contributed by atoms with Crippen LogP contribution in [0, 0.1) is 0 Å². The first-order valence-corrected chi connectivity index (χ1v) is 11.7. The Labute approximate surface area is 202 Å². The van der Waals surface area contributed by atoms with E-state index >= 15 is 0 Å². The lowest BCUT2D eigenvalue weighted by molar-refractivity contribution is -0.124. The topological polar surface area (TPSA) is 101 Å². The number of hydrogen-bond donors (Lipinski definition) is 1. The van der Waals surface area contributed by atoms with Gasteiger partial charge < -0.3 is 14.8 Å². The van der Waals surface area contributed by atoms with Gasteiger partial charge in [0.2, 0.25) is 5.91 Å². The van der Waals surface area contributed by atoms with Crippen LogP contribution in [0.1, 0.15) is 16.7 Å². The summed E-state index contributed by atoms with van der Waals surface area (Å²) < 4.78 is 10.8. The van der Waals surface area contributed by atoms with Crippen LogP contribution in [-0.2, 0) is 22.6 Å². The Morgan fingerprint density at radius 2 is 1.97 bits per heavy atom. The SMILES string of the molecule is COc1cc2c(cc1OC)CN(CC(=O)NCCN1C(=O)S/C(=C/c3cccnc3)C1=O)CC2. The molecule has 34 heavy (non-hydrogen) atoms. The zero-order valence-electron chi connectivity index (χ0n) is 19.1. The molecule has 4 rings (SSSR count). The first-order chi connectivity index (χ1) is 16.5. The van der Waals surface area contributed by atoms with Crippen molar-refractivity contribution >= 4 is 34.9 Å². The summed E-state index contributed by atoms with van der Waals surface area (Å²) in [6.07, 6.45) is 5.72. The second kappa shape index (κ2) is 10.7. The van der Waals surface area contributed by atoms with Crippen LogP contribution < -0.4 is 14.8 Å². The number of fused-ring (bicyclic) bond motifs is 1. The normalized spacial score (nSPS) is 17.1. The average molecular weight is 483 g/mol. The van der Waals surface area contributed by atoms with E-state index in [2.05, 4.69) is 15.2 Å². The number of benzene rings is 1. The number of methoxy groups -OCH3 is 2. The molecule has 2 aliphatic rings. The van der Waals surface area contributed by atoms with Gasteiger partial charge in [-0.2, -0.15) is 0 Å². The number of aromatic nitrogens is 1. The van der Waals surface area contributed by atoms with Crippen molar-refractivity contribution in [3.05, 3.63) is 58.3 Å². The molecular formula is C24H26N4O5S. The van der Waals surface area contributed by atoms with Gasteiger partial charge in [0, 0.05) is 38.6 Å². The molecule has 3 amide bonds. The van der Waals surface area contributed by atoms with Crippen LogP contribution in [0.5, 0.6) is 11.5 Å². The third kappa shape index (κ3) is 5.40. The van der Waals surface area contributed by atoms with Gasteiger partial charge in [-0.25, -0.2) is 0 Å². The molecule has 1 aromatic carbocycles. The minimum absolute atomic E-state index is 0.126. The molecule has 0 atom stereocenters. The highest BCUT2D eigenvalue weighted by Crippen LogP contribution is 2.33. The highest BCUT2D eigenvalue weighted by Gasteiger charge is 2.34. The standard InChI is InChI=1S/C24H26N4O5S/c1-32-19-11-17-5-8-27(14-18(17)12-20(19)33-2)15-22(29)26-7-9-28-23(30)21(34-24(28)31)10-16-4-3-6-25-13-16/h3-4,6,10-13H,5,7-9,14-15H2,1-2H3,(H,26,29)/b21-10+. The largest absolute Gasteiger partial charge is 0.493 e. The van der Waals surface area contributed by atoms with Gasteiger partial charge in [0.1, 0.15) is 0 Å². The molecule has 0 radical (unpaired) electrons. The fraction of sp³-hybridized carbons (Fsp3) is 0.333. The summed E-state index contributed by atoms with van der Waals surface area (Å²) in [6.45, 7) is 1.94. The number of rotatable bonds is 8. The van der Waals surface area contributed by atoms with Gasteiger partial charge in [0.25, 0.3) is 11.1 Å². The first kappa shape index (κ1) is 23.8. The number of imide groups is 1. The molecular weight excluding hydrogens is 456 g/mol. The van der Waals surface area contributed by atoms with Crippen LogP contribution in [-0.4, -0.2) is 72.2 Å². The van der Waals surface area contributed by atoms with E-state index in [4.69, 9.17) is 9.47 Å². The number of hydrogen-bond acceptors (Lipinski definition) is 8. The summed E-state index contributed by atoms with van der Waals surface area (Å²) in [5.74, 6) is 0.865. The van der Waals surface area contributed by atoms with E-state index in [1.807, 2.05) is 18.2 Å². The van der Waals surface area contributed by atoms with Gasteiger partial charge in [-0.15, -0.1) is 0 Å². The van der Waals surface area contributed by atoms with E-state index in [-0.39, 0.29) is 36.7 Å². The minimum atomic E-state index is -0.356. The molecule has 178 valence electrons.